The fourth-order valence-electron chi connectivity index (χ4n) is 2.60. The predicted octanol–water partition coefficient (Wildman–Crippen LogP) is 3.42. The summed E-state index contributed by atoms with van der Waals surface area (Å²) in [7, 11) is 0. The van der Waals surface area contributed by atoms with Crippen molar-refractivity contribution in [1.29, 1.82) is 0 Å². The molecule has 0 spiro atoms. The Morgan fingerprint density at radius 3 is 2.17 bits per heavy atom. The van der Waals surface area contributed by atoms with Crippen LogP contribution < -0.4 is 9.79 Å². The third-order valence-corrected chi connectivity index (χ3v) is 3.93. The molecule has 0 saturated carbocycles. The average molecular weight is 308 g/mol. The van der Waals surface area contributed by atoms with Crippen LogP contribution in [-0.4, -0.2) is 5.27 Å². The van der Waals surface area contributed by atoms with Gasteiger partial charge in [0.2, 0.25) is 11.9 Å². The summed E-state index contributed by atoms with van der Waals surface area (Å²) in [5, 5.41) is 14.7. The highest BCUT2D eigenvalue weighted by atomic mass is 16.6. The zero-order valence-corrected chi connectivity index (χ0v) is 13.2. The van der Waals surface area contributed by atoms with Gasteiger partial charge < -0.3 is 9.63 Å². The summed E-state index contributed by atoms with van der Waals surface area (Å²) in [4.78, 5) is 0. The van der Waals surface area contributed by atoms with Crippen LogP contribution in [0.3, 0.4) is 0 Å². The largest absolute Gasteiger partial charge is 0.539 e. The van der Waals surface area contributed by atoms with Crippen LogP contribution >= 0.6 is 0 Å². The third kappa shape index (κ3) is 3.77. The number of unbranched alkanes of at least 4 members (excludes halogenated alkanes) is 2. The van der Waals surface area contributed by atoms with E-state index in [0.717, 1.165) is 17.7 Å². The molecule has 2 aromatic carbocycles. The molecular formula is C19H20N2O2. The van der Waals surface area contributed by atoms with Crippen LogP contribution in [0.25, 0.3) is 16.8 Å². The molecular weight excluding hydrogens is 288 g/mol. The second-order valence-electron chi connectivity index (χ2n) is 5.67. The fraction of sp³-hybridized carbons (Fsp3) is 0.263. The maximum Gasteiger partial charge on any atom is 0.239 e. The van der Waals surface area contributed by atoms with Crippen molar-refractivity contribution in [3.63, 3.8) is 0 Å². The molecule has 0 saturated heterocycles. The van der Waals surface area contributed by atoms with Crippen molar-refractivity contribution in [2.75, 3.05) is 0 Å². The quantitative estimate of drug-likeness (QED) is 0.518. The van der Waals surface area contributed by atoms with Crippen LogP contribution in [0.5, 0.6) is 5.95 Å². The van der Waals surface area contributed by atoms with Gasteiger partial charge in [0.1, 0.15) is 5.95 Å². The molecule has 1 heterocycles. The number of hydrogen-bond acceptors (Lipinski definition) is 3. The minimum atomic E-state index is -0.451. The summed E-state index contributed by atoms with van der Waals surface area (Å²) < 4.78 is 5.98. The first-order chi connectivity index (χ1) is 11.3. The molecule has 3 aromatic rings. The normalized spacial score (nSPS) is 10.8. The zero-order chi connectivity index (χ0) is 16.1. The minimum absolute atomic E-state index is 0.451. The van der Waals surface area contributed by atoms with Gasteiger partial charge in [-0.2, -0.15) is 0 Å². The van der Waals surface area contributed by atoms with Gasteiger partial charge in [-0.05, 0) is 46.3 Å². The molecule has 0 fully saturated rings. The second kappa shape index (κ2) is 7.09. The Kier molecular flexibility index (Phi) is 4.71. The number of nitrogens with zero attached hydrogens (tertiary/aromatic N) is 2. The Balaban J connectivity index is 1.71. The van der Waals surface area contributed by atoms with Crippen molar-refractivity contribution in [2.45, 2.75) is 32.6 Å². The Labute approximate surface area is 136 Å². The van der Waals surface area contributed by atoms with Gasteiger partial charge in [-0.3, -0.25) is 0 Å². The summed E-state index contributed by atoms with van der Waals surface area (Å²) in [5.41, 5.74) is 4.52. The molecule has 1 aromatic heterocycles. The Morgan fingerprint density at radius 2 is 1.61 bits per heavy atom. The smallest absolute Gasteiger partial charge is 0.239 e. The van der Waals surface area contributed by atoms with E-state index >= 15 is 0 Å². The lowest BCUT2D eigenvalue weighted by Gasteiger charge is -2.04. The molecule has 118 valence electrons. The van der Waals surface area contributed by atoms with Gasteiger partial charge in [0, 0.05) is 12.1 Å². The van der Waals surface area contributed by atoms with Gasteiger partial charge in [-0.1, -0.05) is 44.0 Å². The third-order valence-electron chi connectivity index (χ3n) is 3.93. The maximum atomic E-state index is 11.0. The van der Waals surface area contributed by atoms with E-state index in [1.165, 1.54) is 41.3 Å². The summed E-state index contributed by atoms with van der Waals surface area (Å²) in [6.45, 7) is 2.22. The lowest BCUT2D eigenvalue weighted by atomic mass is 10.0. The highest BCUT2D eigenvalue weighted by Gasteiger charge is 2.09. The van der Waals surface area contributed by atoms with Gasteiger partial charge in [-0.25, -0.2) is 0 Å². The topological polar surface area (TPSA) is 53.0 Å². The fourth-order valence-corrected chi connectivity index (χ4v) is 2.60. The van der Waals surface area contributed by atoms with E-state index in [4.69, 9.17) is 0 Å². The van der Waals surface area contributed by atoms with Crippen LogP contribution in [0, 0.1) is 0 Å². The molecule has 23 heavy (non-hydrogen) atoms. The minimum Gasteiger partial charge on any atom is -0.539 e. The Morgan fingerprint density at radius 1 is 0.957 bits per heavy atom. The summed E-state index contributed by atoms with van der Waals surface area (Å²) >= 11 is 0. The Bertz CT molecular complexity index is 746. The van der Waals surface area contributed by atoms with E-state index in [2.05, 4.69) is 41.0 Å². The lowest BCUT2D eigenvalue weighted by molar-refractivity contribution is -0.670. The number of rotatable bonds is 6. The first-order valence-electron chi connectivity index (χ1n) is 8.01. The first-order valence-corrected chi connectivity index (χ1v) is 8.01. The van der Waals surface area contributed by atoms with E-state index in [0.29, 0.717) is 0 Å². The van der Waals surface area contributed by atoms with Crippen LogP contribution in [0.1, 0.15) is 31.7 Å². The summed E-state index contributed by atoms with van der Waals surface area (Å²) in [6, 6.07) is 16.6. The van der Waals surface area contributed by atoms with Crippen LogP contribution in [0.2, 0.25) is 0 Å². The van der Waals surface area contributed by atoms with Crippen molar-refractivity contribution in [3.05, 3.63) is 60.3 Å². The second-order valence-corrected chi connectivity index (χ2v) is 5.67. The van der Waals surface area contributed by atoms with E-state index in [-0.39, 0.29) is 0 Å². The maximum absolute atomic E-state index is 11.0. The molecule has 4 heteroatoms. The van der Waals surface area contributed by atoms with E-state index < -0.39 is 5.95 Å². The molecule has 0 atom stereocenters. The van der Waals surface area contributed by atoms with E-state index in [1.807, 2.05) is 24.3 Å². The zero-order valence-electron chi connectivity index (χ0n) is 13.2. The SMILES string of the molecule is CCCCCc1ccc(-c2ccc(-[n+]3cc([O-])on3)cc2)cc1. The molecule has 0 N–H and O–H groups in total. The molecule has 0 bridgehead atoms. The number of benzene rings is 2. The van der Waals surface area contributed by atoms with Crippen molar-refractivity contribution in [1.82, 2.24) is 5.27 Å². The van der Waals surface area contributed by atoms with Gasteiger partial charge in [-0.15, -0.1) is 0 Å². The van der Waals surface area contributed by atoms with Crippen LogP contribution in [-0.2, 0) is 6.42 Å². The van der Waals surface area contributed by atoms with Gasteiger partial charge in [0.15, 0.2) is 0 Å². The molecule has 3 rings (SSSR count). The summed E-state index contributed by atoms with van der Waals surface area (Å²) in [5.74, 6) is -0.451. The highest BCUT2D eigenvalue weighted by Crippen LogP contribution is 2.21. The molecule has 0 amide bonds. The number of aryl methyl sites for hydroxylation is 1. The lowest BCUT2D eigenvalue weighted by Crippen LogP contribution is -2.31. The molecule has 0 aliphatic rings. The molecule has 4 nitrogen and oxygen atoms in total. The predicted molar refractivity (Wildman–Crippen MR) is 86.1 cm³/mol. The standard InChI is InChI=1S/C19H20N2O2/c1-2-3-4-5-15-6-8-16(9-7-15)17-10-12-18(13-11-17)21-14-19(22)23-20-21/h6-14H,2-5H2,1H3. The molecule has 0 unspecified atom stereocenters. The van der Waals surface area contributed by atoms with Crippen molar-refractivity contribution < 1.29 is 14.3 Å². The van der Waals surface area contributed by atoms with Crippen molar-refractivity contribution >= 4 is 0 Å². The van der Waals surface area contributed by atoms with Crippen LogP contribution in [0.4, 0.5) is 0 Å². The van der Waals surface area contributed by atoms with Gasteiger partial charge in [0.05, 0.1) is 5.27 Å². The van der Waals surface area contributed by atoms with Crippen molar-refractivity contribution in [3.8, 4) is 22.8 Å². The average Bonchev–Trinajstić information content (AvgIpc) is 3.02. The monoisotopic (exact) mass is 308 g/mol. The van der Waals surface area contributed by atoms with E-state index in [1.54, 1.807) is 0 Å². The molecule has 0 aliphatic carbocycles. The van der Waals surface area contributed by atoms with Gasteiger partial charge >= 0.3 is 0 Å². The van der Waals surface area contributed by atoms with Crippen molar-refractivity contribution in [2.24, 2.45) is 0 Å². The highest BCUT2D eigenvalue weighted by molar-refractivity contribution is 5.64. The van der Waals surface area contributed by atoms with Gasteiger partial charge in [0.25, 0.3) is 0 Å². The van der Waals surface area contributed by atoms with Crippen LogP contribution in [0.15, 0.2) is 59.3 Å². The molecule has 0 radical (unpaired) electrons. The first kappa shape index (κ1) is 15.3. The van der Waals surface area contributed by atoms with E-state index in [9.17, 15) is 5.11 Å². The number of hydrogen-bond donors (Lipinski definition) is 0. The number of aromatic nitrogens is 2. The molecule has 0 aliphatic heterocycles. The summed E-state index contributed by atoms with van der Waals surface area (Å²) in [6.07, 6.45) is 6.25. The Hall–Kier alpha value is -2.62.